The van der Waals surface area contributed by atoms with Crippen LogP contribution in [0.5, 0.6) is 5.75 Å². The van der Waals surface area contributed by atoms with Crippen LogP contribution in [0.3, 0.4) is 0 Å². The monoisotopic (exact) mass is 563 g/mol. The van der Waals surface area contributed by atoms with E-state index in [4.69, 9.17) is 0 Å². The number of anilines is 1. The van der Waals surface area contributed by atoms with Crippen molar-refractivity contribution >= 4 is 51.9 Å². The van der Waals surface area contributed by atoms with E-state index in [0.717, 1.165) is 56.3 Å². The summed E-state index contributed by atoms with van der Waals surface area (Å²) in [7, 11) is 1.65. The molecule has 0 aliphatic heterocycles. The van der Waals surface area contributed by atoms with Crippen molar-refractivity contribution < 1.29 is 22.7 Å². The first kappa shape index (κ1) is 27.1. The molecule has 204 valence electrons. The van der Waals surface area contributed by atoms with E-state index in [2.05, 4.69) is 19.4 Å². The number of benzene rings is 4. The number of halogens is 3. The molecule has 4 aromatic carbocycles. The summed E-state index contributed by atoms with van der Waals surface area (Å²) >= 11 is 1.03. The number of ether oxygens (including phenoxy) is 1. The zero-order valence-electron chi connectivity index (χ0n) is 21.7. The first-order valence-electron chi connectivity index (χ1n) is 12.2. The van der Waals surface area contributed by atoms with Crippen molar-refractivity contribution in [3.8, 4) is 11.4 Å². The molecule has 0 saturated heterocycles. The van der Waals surface area contributed by atoms with Crippen LogP contribution >= 0.6 is 12.1 Å². The summed E-state index contributed by atoms with van der Waals surface area (Å²) in [6, 6.07) is 20.9. The number of aryl methyl sites for hydroxylation is 2. The Labute approximate surface area is 232 Å². The maximum absolute atomic E-state index is 12.6. The lowest BCUT2D eigenvalue weighted by molar-refractivity contribution is -0.274. The van der Waals surface area contributed by atoms with Crippen LogP contribution in [0.4, 0.5) is 23.7 Å². The molecule has 0 atom stereocenters. The fourth-order valence-electron chi connectivity index (χ4n) is 4.31. The van der Waals surface area contributed by atoms with E-state index in [1.54, 1.807) is 36.3 Å². The first-order chi connectivity index (χ1) is 19.1. The number of carbonyl (C=O) groups is 1. The van der Waals surface area contributed by atoms with Gasteiger partial charge in [-0.3, -0.25) is 8.87 Å². The number of nitrogens with one attached hydrogen (secondary N) is 1. The molecule has 5 rings (SSSR count). The Kier molecular flexibility index (Phi) is 7.40. The zero-order valence-corrected chi connectivity index (χ0v) is 22.5. The van der Waals surface area contributed by atoms with Gasteiger partial charge in [0.05, 0.1) is 23.2 Å². The molecule has 11 heteroatoms. The lowest BCUT2D eigenvalue weighted by Gasteiger charge is -2.16. The topological polar surface area (TPSA) is 71.8 Å². The quantitative estimate of drug-likeness (QED) is 0.169. The first-order valence-corrected chi connectivity index (χ1v) is 12.9. The second kappa shape index (κ2) is 10.9. The summed E-state index contributed by atoms with van der Waals surface area (Å²) in [5, 5.41) is 4.79. The molecule has 0 radical (unpaired) electrons. The van der Waals surface area contributed by atoms with E-state index in [1.807, 2.05) is 62.4 Å². The summed E-state index contributed by atoms with van der Waals surface area (Å²) in [4.78, 5) is 17.1. The van der Waals surface area contributed by atoms with E-state index in [-0.39, 0.29) is 11.8 Å². The number of alkyl halides is 3. The number of hydrogen-bond acceptors (Lipinski definition) is 5. The van der Waals surface area contributed by atoms with E-state index in [9.17, 15) is 18.0 Å². The van der Waals surface area contributed by atoms with Crippen molar-refractivity contribution in [3.63, 3.8) is 0 Å². The minimum Gasteiger partial charge on any atom is -0.406 e. The summed E-state index contributed by atoms with van der Waals surface area (Å²) in [6.45, 7) is 3.89. The third-order valence-electron chi connectivity index (χ3n) is 6.27. The molecule has 1 aromatic heterocycles. The van der Waals surface area contributed by atoms with Crippen LogP contribution in [0.1, 0.15) is 16.7 Å². The van der Waals surface area contributed by atoms with Gasteiger partial charge in [-0.15, -0.1) is 13.2 Å². The van der Waals surface area contributed by atoms with Gasteiger partial charge < -0.3 is 10.1 Å². The largest absolute Gasteiger partial charge is 0.573 e. The highest BCUT2D eigenvalue weighted by Crippen LogP contribution is 2.29. The fraction of sp³-hybridized carbons (Fsp3) is 0.138. The van der Waals surface area contributed by atoms with Gasteiger partial charge in [-0.05, 0) is 72.3 Å². The van der Waals surface area contributed by atoms with E-state index in [1.165, 1.54) is 16.4 Å². The Morgan fingerprint density at radius 3 is 2.48 bits per heavy atom. The summed E-state index contributed by atoms with van der Waals surface area (Å²) in [5.74, 6) is -0.285. The Bertz CT molecular complexity index is 1710. The Balaban J connectivity index is 1.29. The van der Waals surface area contributed by atoms with Gasteiger partial charge in [0, 0.05) is 30.0 Å². The molecule has 1 N–H and O–H groups in total. The highest BCUT2D eigenvalue weighted by Gasteiger charge is 2.31. The number of para-hydroxylation sites is 1. The molecule has 0 unspecified atom stereocenters. The third-order valence-corrected chi connectivity index (χ3v) is 6.89. The highest BCUT2D eigenvalue weighted by molar-refractivity contribution is 7.96. The number of aromatic nitrogens is 2. The van der Waals surface area contributed by atoms with Crippen LogP contribution in [0.15, 0.2) is 83.5 Å². The molecule has 5 aromatic rings. The van der Waals surface area contributed by atoms with Crippen molar-refractivity contribution in [2.45, 2.75) is 20.2 Å². The predicted molar refractivity (Wildman–Crippen MR) is 153 cm³/mol. The number of rotatable bonds is 6. The van der Waals surface area contributed by atoms with Crippen molar-refractivity contribution in [2.24, 2.45) is 4.40 Å². The van der Waals surface area contributed by atoms with Crippen LogP contribution in [0.25, 0.3) is 27.5 Å². The van der Waals surface area contributed by atoms with Gasteiger partial charge >= 0.3 is 12.4 Å². The number of urea groups is 1. The van der Waals surface area contributed by atoms with Crippen LogP contribution in [0, 0.1) is 13.8 Å². The zero-order chi connectivity index (χ0) is 28.4. The standard InChI is InChI=1S/C29H24F3N5O2S/c1-18-5-4-6-19(2)26(18)35-28(38)36(3)40-34-16-20-7-13-24-21(15-20)8-14-25-27(24)33-17-37(25)22-9-11-23(12-10-22)39-29(30,31)32/h4-17H,1-3H3,(H,35,38). The van der Waals surface area contributed by atoms with Crippen LogP contribution in [-0.4, -0.2) is 39.5 Å². The molecule has 2 amide bonds. The Hall–Kier alpha value is -4.51. The van der Waals surface area contributed by atoms with Gasteiger partial charge in [-0.1, -0.05) is 36.4 Å². The van der Waals surface area contributed by atoms with Crippen LogP contribution < -0.4 is 10.1 Å². The van der Waals surface area contributed by atoms with Crippen molar-refractivity contribution in [2.75, 3.05) is 12.4 Å². The number of nitrogens with zero attached hydrogens (tertiary/aromatic N) is 4. The van der Waals surface area contributed by atoms with E-state index < -0.39 is 6.36 Å². The molecule has 0 aliphatic carbocycles. The average molecular weight is 564 g/mol. The molecular weight excluding hydrogens is 539 g/mol. The normalized spacial score (nSPS) is 11.8. The lowest BCUT2D eigenvalue weighted by atomic mass is 10.1. The average Bonchev–Trinajstić information content (AvgIpc) is 3.34. The van der Waals surface area contributed by atoms with Crippen molar-refractivity contribution in [3.05, 3.63) is 95.8 Å². The van der Waals surface area contributed by atoms with Gasteiger partial charge in [0.1, 0.15) is 12.1 Å². The lowest BCUT2D eigenvalue weighted by Crippen LogP contribution is -2.25. The minimum atomic E-state index is -4.74. The van der Waals surface area contributed by atoms with Crippen LogP contribution in [0.2, 0.25) is 0 Å². The van der Waals surface area contributed by atoms with Gasteiger partial charge in [-0.2, -0.15) is 0 Å². The number of hydrogen-bond donors (Lipinski definition) is 1. The van der Waals surface area contributed by atoms with E-state index in [0.29, 0.717) is 5.69 Å². The van der Waals surface area contributed by atoms with Crippen molar-refractivity contribution in [1.82, 2.24) is 13.9 Å². The highest BCUT2D eigenvalue weighted by atomic mass is 32.2. The molecule has 7 nitrogen and oxygen atoms in total. The molecule has 0 aliphatic rings. The van der Waals surface area contributed by atoms with Gasteiger partial charge in [-0.25, -0.2) is 14.2 Å². The van der Waals surface area contributed by atoms with Gasteiger partial charge in [0.25, 0.3) is 0 Å². The molecule has 0 saturated carbocycles. The van der Waals surface area contributed by atoms with Gasteiger partial charge in [0.2, 0.25) is 0 Å². The number of fused-ring (bicyclic) bond motifs is 3. The molecule has 40 heavy (non-hydrogen) atoms. The predicted octanol–water partition coefficient (Wildman–Crippen LogP) is 7.84. The van der Waals surface area contributed by atoms with Crippen LogP contribution in [-0.2, 0) is 0 Å². The number of imidazole rings is 1. The summed E-state index contributed by atoms with van der Waals surface area (Å²) in [5.41, 5.74) is 5.84. The van der Waals surface area contributed by atoms with E-state index >= 15 is 0 Å². The maximum Gasteiger partial charge on any atom is 0.573 e. The Morgan fingerprint density at radius 1 is 1.05 bits per heavy atom. The molecule has 1 heterocycles. The molecular formula is C29H24F3N5O2S. The number of carbonyl (C=O) groups excluding carboxylic acids is 1. The SMILES string of the molecule is Cc1cccc(C)c1NC(=O)N(C)SN=Cc1ccc2c(ccc3c2ncn3-c2ccc(OC(F)(F)F)cc2)c1. The second-order valence-electron chi connectivity index (χ2n) is 9.08. The summed E-state index contributed by atoms with van der Waals surface area (Å²) in [6.07, 6.45) is -1.43. The Morgan fingerprint density at radius 2 is 1.77 bits per heavy atom. The maximum atomic E-state index is 12.6. The molecule has 0 spiro atoms. The third kappa shape index (κ3) is 5.89. The van der Waals surface area contributed by atoms with Crippen molar-refractivity contribution in [1.29, 1.82) is 0 Å². The second-order valence-corrected chi connectivity index (χ2v) is 10.0. The van der Waals surface area contributed by atoms with Gasteiger partial charge in [0.15, 0.2) is 0 Å². The smallest absolute Gasteiger partial charge is 0.406 e. The molecule has 0 bridgehead atoms. The number of amides is 2. The molecule has 0 fully saturated rings. The minimum absolute atomic E-state index is 0.279. The fourth-order valence-corrected chi connectivity index (χ4v) is 4.74. The summed E-state index contributed by atoms with van der Waals surface area (Å²) < 4.78 is 48.9.